The predicted molar refractivity (Wildman–Crippen MR) is 134 cm³/mol. The van der Waals surface area contributed by atoms with Crippen LogP contribution in [0.5, 0.6) is 11.5 Å². The number of dihydropyridines is 1. The SMILES string of the molecule is CCOC(=O)C1=C(C)NC2=C(C(=O)CC(C)(C)C2)C1c1ccc(OCc2ccccc2)c(OC)c1. The van der Waals surface area contributed by atoms with Gasteiger partial charge >= 0.3 is 5.97 Å². The Bertz CT molecular complexity index is 1190. The van der Waals surface area contributed by atoms with Gasteiger partial charge in [-0.2, -0.15) is 0 Å². The van der Waals surface area contributed by atoms with Gasteiger partial charge in [-0.25, -0.2) is 4.79 Å². The van der Waals surface area contributed by atoms with Crippen LogP contribution in [0, 0.1) is 5.41 Å². The molecule has 4 rings (SSSR count). The zero-order chi connectivity index (χ0) is 25.2. The Morgan fingerprint density at radius 3 is 2.51 bits per heavy atom. The third kappa shape index (κ3) is 5.11. The minimum absolute atomic E-state index is 0.0476. The molecular formula is C29H33NO5. The van der Waals surface area contributed by atoms with Crippen LogP contribution in [-0.2, 0) is 20.9 Å². The Labute approximate surface area is 207 Å². The molecule has 0 radical (unpaired) electrons. The summed E-state index contributed by atoms with van der Waals surface area (Å²) in [6.45, 7) is 8.48. The van der Waals surface area contributed by atoms with Crippen molar-refractivity contribution in [2.75, 3.05) is 13.7 Å². The maximum atomic E-state index is 13.4. The van der Waals surface area contributed by atoms with E-state index in [4.69, 9.17) is 14.2 Å². The highest BCUT2D eigenvalue weighted by Gasteiger charge is 2.43. The second-order valence-corrected chi connectivity index (χ2v) is 9.83. The molecular weight excluding hydrogens is 442 g/mol. The molecule has 1 atom stereocenters. The highest BCUT2D eigenvalue weighted by molar-refractivity contribution is 6.04. The first-order valence-electron chi connectivity index (χ1n) is 12.0. The van der Waals surface area contributed by atoms with Crippen LogP contribution in [0.15, 0.2) is 71.1 Å². The molecule has 2 aromatic carbocycles. The van der Waals surface area contributed by atoms with Gasteiger partial charge in [0.2, 0.25) is 0 Å². The summed E-state index contributed by atoms with van der Waals surface area (Å²) in [4.78, 5) is 26.5. The number of esters is 1. The fourth-order valence-electron chi connectivity index (χ4n) is 4.97. The number of carbonyl (C=O) groups excluding carboxylic acids is 2. The second kappa shape index (κ2) is 9.98. The Balaban J connectivity index is 1.75. The molecule has 1 N–H and O–H groups in total. The van der Waals surface area contributed by atoms with Crippen LogP contribution >= 0.6 is 0 Å². The smallest absolute Gasteiger partial charge is 0.336 e. The predicted octanol–water partition coefficient (Wildman–Crippen LogP) is 5.44. The lowest BCUT2D eigenvalue weighted by Crippen LogP contribution is -2.38. The van der Waals surface area contributed by atoms with Crippen LogP contribution in [0.1, 0.15) is 57.6 Å². The van der Waals surface area contributed by atoms with Gasteiger partial charge in [0.25, 0.3) is 0 Å². The van der Waals surface area contributed by atoms with E-state index in [1.165, 1.54) is 0 Å². The lowest BCUT2D eigenvalue weighted by Gasteiger charge is -2.39. The van der Waals surface area contributed by atoms with Crippen molar-refractivity contribution in [1.29, 1.82) is 0 Å². The van der Waals surface area contributed by atoms with Crippen molar-refractivity contribution < 1.29 is 23.8 Å². The van der Waals surface area contributed by atoms with E-state index >= 15 is 0 Å². The molecule has 0 amide bonds. The third-order valence-corrected chi connectivity index (χ3v) is 6.49. The quantitative estimate of drug-likeness (QED) is 0.538. The summed E-state index contributed by atoms with van der Waals surface area (Å²) < 4.78 is 17.1. The van der Waals surface area contributed by atoms with E-state index in [-0.39, 0.29) is 17.8 Å². The number of methoxy groups -OCH3 is 1. The van der Waals surface area contributed by atoms with Gasteiger partial charge in [-0.15, -0.1) is 0 Å². The molecule has 0 bridgehead atoms. The second-order valence-electron chi connectivity index (χ2n) is 9.83. The van der Waals surface area contributed by atoms with Crippen molar-refractivity contribution in [1.82, 2.24) is 5.32 Å². The lowest BCUT2D eigenvalue weighted by atomic mass is 9.68. The number of rotatable bonds is 7. The maximum Gasteiger partial charge on any atom is 0.336 e. The first-order chi connectivity index (χ1) is 16.7. The van der Waals surface area contributed by atoms with Crippen LogP contribution in [0.3, 0.4) is 0 Å². The lowest BCUT2D eigenvalue weighted by molar-refractivity contribution is -0.138. The molecule has 6 heteroatoms. The molecule has 6 nitrogen and oxygen atoms in total. The van der Waals surface area contributed by atoms with E-state index in [9.17, 15) is 9.59 Å². The van der Waals surface area contributed by atoms with Crippen molar-refractivity contribution in [2.45, 2.75) is 53.1 Å². The number of allylic oxidation sites excluding steroid dienone is 3. The summed E-state index contributed by atoms with van der Waals surface area (Å²) >= 11 is 0. The molecule has 1 aliphatic carbocycles. The van der Waals surface area contributed by atoms with E-state index in [0.29, 0.717) is 41.4 Å². The Morgan fingerprint density at radius 2 is 1.83 bits per heavy atom. The van der Waals surface area contributed by atoms with Crippen LogP contribution in [0.2, 0.25) is 0 Å². The topological polar surface area (TPSA) is 73.9 Å². The minimum Gasteiger partial charge on any atom is -0.493 e. The normalized spacial score (nSPS) is 19.1. The molecule has 1 unspecified atom stereocenters. The summed E-state index contributed by atoms with van der Waals surface area (Å²) in [5.41, 5.74) is 4.37. The van der Waals surface area contributed by atoms with Crippen molar-refractivity contribution >= 4 is 11.8 Å². The van der Waals surface area contributed by atoms with E-state index < -0.39 is 11.9 Å². The van der Waals surface area contributed by atoms with Crippen LogP contribution < -0.4 is 14.8 Å². The Morgan fingerprint density at radius 1 is 1.09 bits per heavy atom. The van der Waals surface area contributed by atoms with E-state index in [2.05, 4.69) is 19.2 Å². The van der Waals surface area contributed by atoms with Crippen molar-refractivity contribution in [3.63, 3.8) is 0 Å². The summed E-state index contributed by atoms with van der Waals surface area (Å²) in [6, 6.07) is 15.5. The molecule has 35 heavy (non-hydrogen) atoms. The number of benzene rings is 2. The van der Waals surface area contributed by atoms with Crippen molar-refractivity contribution in [3.05, 3.63) is 82.2 Å². The highest BCUT2D eigenvalue weighted by Crippen LogP contribution is 2.47. The molecule has 2 aliphatic rings. The summed E-state index contributed by atoms with van der Waals surface area (Å²) in [5, 5.41) is 3.35. The van der Waals surface area contributed by atoms with Crippen LogP contribution in [-0.4, -0.2) is 25.5 Å². The molecule has 0 saturated heterocycles. The van der Waals surface area contributed by atoms with Crippen molar-refractivity contribution in [3.8, 4) is 11.5 Å². The average molecular weight is 476 g/mol. The number of hydrogen-bond acceptors (Lipinski definition) is 6. The van der Waals surface area contributed by atoms with Gasteiger partial charge in [-0.05, 0) is 48.9 Å². The van der Waals surface area contributed by atoms with Crippen LogP contribution in [0.4, 0.5) is 0 Å². The molecule has 1 heterocycles. The maximum absolute atomic E-state index is 13.4. The largest absolute Gasteiger partial charge is 0.493 e. The Kier molecular flexibility index (Phi) is 7.01. The summed E-state index contributed by atoms with van der Waals surface area (Å²) in [7, 11) is 1.59. The first kappa shape index (κ1) is 24.6. The molecule has 0 saturated carbocycles. The monoisotopic (exact) mass is 475 g/mol. The molecule has 184 valence electrons. The summed E-state index contributed by atoms with van der Waals surface area (Å²) in [5.74, 6) is 0.230. The van der Waals surface area contributed by atoms with E-state index in [1.807, 2.05) is 55.5 Å². The van der Waals surface area contributed by atoms with Gasteiger partial charge in [0, 0.05) is 29.3 Å². The number of ether oxygens (including phenoxy) is 3. The standard InChI is InChI=1S/C29H33NO5/c1-6-34-28(32)25-18(2)30-21-15-29(3,4)16-22(31)27(21)26(25)20-12-13-23(24(14-20)33-5)35-17-19-10-8-7-9-11-19/h7-14,26,30H,6,15-17H2,1-5H3. The van der Waals surface area contributed by atoms with Gasteiger partial charge in [0.05, 0.1) is 19.3 Å². The molecule has 2 aromatic rings. The molecule has 0 aromatic heterocycles. The van der Waals surface area contributed by atoms with Gasteiger partial charge in [-0.1, -0.05) is 50.2 Å². The fourth-order valence-corrected chi connectivity index (χ4v) is 4.97. The number of nitrogens with one attached hydrogen (secondary N) is 1. The number of hydrogen-bond donors (Lipinski definition) is 1. The number of Topliss-reactive ketones (excluding diaryl/α,β-unsaturated/α-hetero) is 1. The Hall–Kier alpha value is -3.54. The van der Waals surface area contributed by atoms with E-state index in [0.717, 1.165) is 23.2 Å². The minimum atomic E-state index is -0.536. The average Bonchev–Trinajstić information content (AvgIpc) is 2.81. The zero-order valence-corrected chi connectivity index (χ0v) is 21.1. The number of carbonyl (C=O) groups is 2. The van der Waals surface area contributed by atoms with Gasteiger partial charge < -0.3 is 19.5 Å². The zero-order valence-electron chi connectivity index (χ0n) is 21.1. The number of ketones is 1. The van der Waals surface area contributed by atoms with Gasteiger partial charge in [0.1, 0.15) is 6.61 Å². The van der Waals surface area contributed by atoms with Crippen molar-refractivity contribution in [2.24, 2.45) is 5.41 Å². The molecule has 0 spiro atoms. The summed E-state index contributed by atoms with van der Waals surface area (Å²) in [6.07, 6.45) is 1.15. The fraction of sp³-hybridized carbons (Fsp3) is 0.379. The van der Waals surface area contributed by atoms with Gasteiger partial charge in [-0.3, -0.25) is 4.79 Å². The molecule has 1 aliphatic heterocycles. The highest BCUT2D eigenvalue weighted by atomic mass is 16.5. The van der Waals surface area contributed by atoms with E-state index in [1.54, 1.807) is 14.0 Å². The van der Waals surface area contributed by atoms with Gasteiger partial charge in [0.15, 0.2) is 17.3 Å². The van der Waals surface area contributed by atoms with Crippen LogP contribution in [0.25, 0.3) is 0 Å². The first-order valence-corrected chi connectivity index (χ1v) is 12.0. The molecule has 0 fully saturated rings. The third-order valence-electron chi connectivity index (χ3n) is 6.49.